The van der Waals surface area contributed by atoms with Gasteiger partial charge in [0.2, 0.25) is 0 Å². The molecule has 96 valence electrons. The summed E-state index contributed by atoms with van der Waals surface area (Å²) in [4.78, 5) is 12.0. The Kier molecular flexibility index (Phi) is 5.38. The maximum atomic E-state index is 12.0. The molecular formula is C13H22N2O2. The average molecular weight is 238 g/mol. The Morgan fingerprint density at radius 1 is 1.41 bits per heavy atom. The fourth-order valence-electron chi connectivity index (χ4n) is 1.81. The molecule has 1 heterocycles. The van der Waals surface area contributed by atoms with Crippen LogP contribution < -0.4 is 10.9 Å². The first-order chi connectivity index (χ1) is 8.07. The number of hydrogen-bond donors (Lipinski definition) is 1. The molecule has 1 aromatic heterocycles. The number of aromatic nitrogens is 1. The molecule has 0 spiro atoms. The normalized spacial score (nSPS) is 11.1. The van der Waals surface area contributed by atoms with Gasteiger partial charge in [-0.15, -0.1) is 0 Å². The van der Waals surface area contributed by atoms with E-state index >= 15 is 0 Å². The Bertz CT molecular complexity index is 410. The molecule has 0 aliphatic heterocycles. The molecule has 4 nitrogen and oxygen atoms in total. The smallest absolute Gasteiger partial charge is 0.254 e. The zero-order chi connectivity index (χ0) is 12.8. The van der Waals surface area contributed by atoms with Crippen LogP contribution in [0.4, 0.5) is 0 Å². The monoisotopic (exact) mass is 238 g/mol. The molecule has 0 aromatic carbocycles. The molecule has 0 amide bonds. The lowest BCUT2D eigenvalue weighted by molar-refractivity contribution is 0.199. The van der Waals surface area contributed by atoms with Crippen LogP contribution in [0, 0.1) is 0 Å². The summed E-state index contributed by atoms with van der Waals surface area (Å²) >= 11 is 0. The van der Waals surface area contributed by atoms with E-state index < -0.39 is 0 Å². The van der Waals surface area contributed by atoms with Crippen molar-refractivity contribution in [1.82, 2.24) is 9.88 Å². The maximum absolute atomic E-state index is 12.0. The maximum Gasteiger partial charge on any atom is 0.254 e. The van der Waals surface area contributed by atoms with Crippen LogP contribution in [0.15, 0.2) is 16.9 Å². The van der Waals surface area contributed by atoms with E-state index in [1.54, 1.807) is 11.7 Å². The second-order valence-electron chi connectivity index (χ2n) is 4.47. The van der Waals surface area contributed by atoms with Gasteiger partial charge in [0.1, 0.15) is 0 Å². The van der Waals surface area contributed by atoms with Crippen molar-refractivity contribution in [3.8, 4) is 0 Å². The number of rotatable bonds is 6. The van der Waals surface area contributed by atoms with Crippen molar-refractivity contribution < 1.29 is 4.74 Å². The number of methoxy groups -OCH3 is 1. The second kappa shape index (κ2) is 6.57. The highest BCUT2D eigenvalue weighted by Crippen LogP contribution is 2.11. The van der Waals surface area contributed by atoms with Crippen molar-refractivity contribution in [3.63, 3.8) is 0 Å². The zero-order valence-electron chi connectivity index (χ0n) is 11.1. The van der Waals surface area contributed by atoms with Crippen molar-refractivity contribution in [1.29, 1.82) is 0 Å². The predicted molar refractivity (Wildman–Crippen MR) is 69.4 cm³/mol. The molecule has 0 aliphatic rings. The summed E-state index contributed by atoms with van der Waals surface area (Å²) in [7, 11) is 3.49. The van der Waals surface area contributed by atoms with Gasteiger partial charge in [0.25, 0.3) is 5.56 Å². The molecule has 0 fully saturated rings. The Morgan fingerprint density at radius 3 is 2.71 bits per heavy atom. The van der Waals surface area contributed by atoms with Crippen LogP contribution >= 0.6 is 0 Å². The van der Waals surface area contributed by atoms with Gasteiger partial charge in [0.15, 0.2) is 0 Å². The fraction of sp³-hybridized carbons (Fsp3) is 0.615. The van der Waals surface area contributed by atoms with Crippen molar-refractivity contribution in [2.75, 3.05) is 20.3 Å². The van der Waals surface area contributed by atoms with E-state index in [1.807, 2.05) is 19.2 Å². The van der Waals surface area contributed by atoms with Crippen molar-refractivity contribution in [2.45, 2.75) is 26.3 Å². The molecule has 0 aliphatic carbocycles. The highest BCUT2D eigenvalue weighted by atomic mass is 16.5. The zero-order valence-corrected chi connectivity index (χ0v) is 11.1. The molecule has 0 saturated carbocycles. The molecule has 1 N–H and O–H groups in total. The number of nitrogens with one attached hydrogen (secondary N) is 1. The molecular weight excluding hydrogens is 216 g/mol. The fourth-order valence-corrected chi connectivity index (χ4v) is 1.81. The van der Waals surface area contributed by atoms with Crippen LogP contribution in [0.2, 0.25) is 0 Å². The molecule has 4 heteroatoms. The van der Waals surface area contributed by atoms with Gasteiger partial charge in [-0.25, -0.2) is 0 Å². The van der Waals surface area contributed by atoms with Crippen molar-refractivity contribution >= 4 is 0 Å². The van der Waals surface area contributed by atoms with E-state index in [0.717, 1.165) is 17.8 Å². The molecule has 0 bridgehead atoms. The van der Waals surface area contributed by atoms with Gasteiger partial charge in [-0.05, 0) is 12.0 Å². The minimum Gasteiger partial charge on any atom is -0.383 e. The number of ether oxygens (including phenoxy) is 1. The standard InChI is InChI=1S/C13H22N2O2/c1-10(2)12-6-5-11(13(16)15(12)3)9-14-7-8-17-4/h5-6,10,14H,7-9H2,1-4H3. The van der Waals surface area contributed by atoms with Crippen LogP contribution in [0.25, 0.3) is 0 Å². The predicted octanol–water partition coefficient (Wildman–Crippen LogP) is 1.24. The molecule has 0 radical (unpaired) electrons. The Hall–Kier alpha value is -1.13. The van der Waals surface area contributed by atoms with Gasteiger partial charge < -0.3 is 14.6 Å². The Labute approximate surface area is 103 Å². The summed E-state index contributed by atoms with van der Waals surface area (Å²) in [6.07, 6.45) is 0. The van der Waals surface area contributed by atoms with E-state index in [-0.39, 0.29) is 5.56 Å². The highest BCUT2D eigenvalue weighted by Gasteiger charge is 2.07. The molecule has 0 unspecified atom stereocenters. The quantitative estimate of drug-likeness (QED) is 0.758. The Morgan fingerprint density at radius 2 is 2.12 bits per heavy atom. The van der Waals surface area contributed by atoms with Gasteiger partial charge >= 0.3 is 0 Å². The summed E-state index contributed by atoms with van der Waals surface area (Å²) in [6.45, 7) is 6.18. The van der Waals surface area contributed by atoms with E-state index in [0.29, 0.717) is 19.1 Å². The van der Waals surface area contributed by atoms with E-state index in [1.165, 1.54) is 0 Å². The highest BCUT2D eigenvalue weighted by molar-refractivity contribution is 5.18. The first-order valence-corrected chi connectivity index (χ1v) is 5.96. The topological polar surface area (TPSA) is 43.3 Å². The van der Waals surface area contributed by atoms with Crippen LogP contribution in [0.3, 0.4) is 0 Å². The van der Waals surface area contributed by atoms with Gasteiger partial charge in [-0.3, -0.25) is 4.79 Å². The summed E-state index contributed by atoms with van der Waals surface area (Å²) in [5.74, 6) is 0.364. The molecule has 1 aromatic rings. The third-order valence-electron chi connectivity index (χ3n) is 2.81. The SMILES string of the molecule is COCCNCc1ccc(C(C)C)n(C)c1=O. The first kappa shape index (κ1) is 13.9. The minimum atomic E-state index is 0.0844. The summed E-state index contributed by atoms with van der Waals surface area (Å²) < 4.78 is 6.67. The van der Waals surface area contributed by atoms with Crippen LogP contribution in [-0.2, 0) is 18.3 Å². The van der Waals surface area contributed by atoms with Crippen molar-refractivity contribution in [3.05, 3.63) is 33.7 Å². The van der Waals surface area contributed by atoms with Crippen LogP contribution in [-0.4, -0.2) is 24.8 Å². The minimum absolute atomic E-state index is 0.0844. The van der Waals surface area contributed by atoms with E-state index in [4.69, 9.17) is 4.74 Å². The van der Waals surface area contributed by atoms with E-state index in [2.05, 4.69) is 19.2 Å². The number of hydrogen-bond acceptors (Lipinski definition) is 3. The molecule has 0 saturated heterocycles. The lowest BCUT2D eigenvalue weighted by atomic mass is 10.1. The van der Waals surface area contributed by atoms with Gasteiger partial charge in [0.05, 0.1) is 6.61 Å². The average Bonchev–Trinajstić information content (AvgIpc) is 2.29. The van der Waals surface area contributed by atoms with Crippen LogP contribution in [0.1, 0.15) is 31.0 Å². The molecule has 0 atom stereocenters. The summed E-state index contributed by atoms with van der Waals surface area (Å²) in [5, 5.41) is 3.18. The second-order valence-corrected chi connectivity index (χ2v) is 4.47. The van der Waals surface area contributed by atoms with Gasteiger partial charge in [-0.1, -0.05) is 19.9 Å². The van der Waals surface area contributed by atoms with E-state index in [9.17, 15) is 4.79 Å². The first-order valence-electron chi connectivity index (χ1n) is 5.96. The van der Waals surface area contributed by atoms with Gasteiger partial charge in [-0.2, -0.15) is 0 Å². The molecule has 1 rings (SSSR count). The summed E-state index contributed by atoms with van der Waals surface area (Å²) in [6, 6.07) is 3.94. The Balaban J connectivity index is 2.75. The number of nitrogens with zero attached hydrogens (tertiary/aromatic N) is 1. The molecule has 17 heavy (non-hydrogen) atoms. The third kappa shape index (κ3) is 3.68. The van der Waals surface area contributed by atoms with Crippen LogP contribution in [0.5, 0.6) is 0 Å². The van der Waals surface area contributed by atoms with Crippen molar-refractivity contribution in [2.24, 2.45) is 7.05 Å². The largest absolute Gasteiger partial charge is 0.383 e. The lowest BCUT2D eigenvalue weighted by Gasteiger charge is -2.13. The third-order valence-corrected chi connectivity index (χ3v) is 2.81. The summed E-state index contributed by atoms with van der Waals surface area (Å²) in [5.41, 5.74) is 1.95. The lowest BCUT2D eigenvalue weighted by Crippen LogP contribution is -2.28. The number of pyridine rings is 1. The van der Waals surface area contributed by atoms with Gasteiger partial charge in [0, 0.05) is 38.5 Å².